The highest BCUT2D eigenvalue weighted by molar-refractivity contribution is 5.77. The fraction of sp³-hybridized carbons (Fsp3) is 0.830. The molecule has 3 atom stereocenters. The van der Waals surface area contributed by atoms with Gasteiger partial charge in [-0.2, -0.15) is 0 Å². The second-order valence-electron chi connectivity index (χ2n) is 15.5. The number of rotatable bonds is 40. The van der Waals surface area contributed by atoms with Gasteiger partial charge in [-0.3, -0.25) is 9.59 Å². The van der Waals surface area contributed by atoms with Crippen molar-refractivity contribution in [3.63, 3.8) is 0 Å². The molecule has 0 aromatic heterocycles. The van der Waals surface area contributed by atoms with E-state index in [0.717, 1.165) is 70.6 Å². The highest BCUT2D eigenvalue weighted by Gasteiger charge is 2.24. The van der Waals surface area contributed by atoms with Crippen molar-refractivity contribution in [2.75, 3.05) is 6.61 Å². The van der Waals surface area contributed by atoms with Gasteiger partial charge in [-0.05, 0) is 44.9 Å². The van der Waals surface area contributed by atoms with Crippen LogP contribution in [0.5, 0.6) is 0 Å². The van der Waals surface area contributed by atoms with Gasteiger partial charge in [-0.15, -0.1) is 0 Å². The lowest BCUT2D eigenvalue weighted by Crippen LogP contribution is -2.46. The molecule has 0 radical (unpaired) electrons. The van der Waals surface area contributed by atoms with Gasteiger partial charge in [0.25, 0.3) is 0 Å². The number of nitrogens with one attached hydrogen (secondary N) is 1. The summed E-state index contributed by atoms with van der Waals surface area (Å²) in [4.78, 5) is 25.9. The first-order valence-electron chi connectivity index (χ1n) is 22.7. The molecule has 1 amide bonds. The van der Waals surface area contributed by atoms with Crippen molar-refractivity contribution in [1.82, 2.24) is 5.32 Å². The van der Waals surface area contributed by atoms with E-state index in [1.165, 1.54) is 109 Å². The van der Waals surface area contributed by atoms with Crippen LogP contribution in [0.1, 0.15) is 226 Å². The summed E-state index contributed by atoms with van der Waals surface area (Å²) < 4.78 is 5.87. The van der Waals surface area contributed by atoms with Crippen LogP contribution < -0.4 is 5.32 Å². The Morgan fingerprint density at radius 1 is 0.566 bits per heavy atom. The maximum Gasteiger partial charge on any atom is 0.306 e. The Morgan fingerprint density at radius 3 is 1.53 bits per heavy atom. The van der Waals surface area contributed by atoms with E-state index < -0.39 is 18.2 Å². The number of unbranched alkanes of at least 4 members (excludes halogenated alkanes) is 24. The largest absolute Gasteiger partial charge is 0.462 e. The Balaban J connectivity index is 4.60. The van der Waals surface area contributed by atoms with Crippen molar-refractivity contribution in [3.05, 3.63) is 36.5 Å². The van der Waals surface area contributed by atoms with E-state index in [1.54, 1.807) is 0 Å². The molecular weight excluding hydrogens is 659 g/mol. The first kappa shape index (κ1) is 51.1. The van der Waals surface area contributed by atoms with E-state index in [4.69, 9.17) is 4.74 Å². The number of carbonyl (C=O) groups is 2. The lowest BCUT2D eigenvalue weighted by molar-refractivity contribution is -0.151. The monoisotopic (exact) mass is 746 g/mol. The normalized spacial score (nSPS) is 13.7. The third-order valence-electron chi connectivity index (χ3n) is 10.3. The molecule has 0 fully saturated rings. The molecule has 0 aromatic carbocycles. The van der Waals surface area contributed by atoms with E-state index >= 15 is 0 Å². The fourth-order valence-electron chi connectivity index (χ4n) is 6.84. The van der Waals surface area contributed by atoms with Crippen molar-refractivity contribution in [1.29, 1.82) is 0 Å². The van der Waals surface area contributed by atoms with Gasteiger partial charge in [0.2, 0.25) is 5.91 Å². The summed E-state index contributed by atoms with van der Waals surface area (Å²) in [6.07, 6.45) is 46.3. The Kier molecular flexibility index (Phi) is 39.8. The zero-order chi connectivity index (χ0) is 38.9. The molecule has 310 valence electrons. The number of carbonyl (C=O) groups excluding carboxylic acids is 2. The minimum Gasteiger partial charge on any atom is -0.462 e. The van der Waals surface area contributed by atoms with Crippen LogP contribution in [-0.2, 0) is 14.3 Å². The maximum atomic E-state index is 13.1. The topological polar surface area (TPSA) is 95.9 Å². The molecule has 3 N–H and O–H groups in total. The molecule has 0 saturated carbocycles. The summed E-state index contributed by atoms with van der Waals surface area (Å²) >= 11 is 0. The van der Waals surface area contributed by atoms with Crippen molar-refractivity contribution in [2.45, 2.75) is 244 Å². The van der Waals surface area contributed by atoms with Gasteiger partial charge in [0.1, 0.15) is 6.10 Å². The smallest absolute Gasteiger partial charge is 0.306 e. The van der Waals surface area contributed by atoms with Crippen molar-refractivity contribution in [3.8, 4) is 0 Å². The van der Waals surface area contributed by atoms with Crippen molar-refractivity contribution < 1.29 is 24.5 Å². The minimum atomic E-state index is -0.792. The van der Waals surface area contributed by atoms with Crippen LogP contribution in [0.2, 0.25) is 0 Å². The standard InChI is InChI=1S/C47H87NO5/c1-4-7-10-13-16-19-22-25-27-30-33-36-39-45(50)44(42-49)48-46(51)41-43(38-35-32-29-26-23-20-17-14-11-8-5-2)53-47(52)40-37-34-31-28-24-21-18-15-12-9-6-3/h8,11,14,17,20,23,43-45,49-50H,4-7,9-10,12-13,15-16,18-19,21-22,24-42H2,1-3H3,(H,48,51)/b11-8+,17-14+,23-20-. The summed E-state index contributed by atoms with van der Waals surface area (Å²) in [5.41, 5.74) is 0. The number of esters is 1. The van der Waals surface area contributed by atoms with Crippen LogP contribution >= 0.6 is 0 Å². The zero-order valence-electron chi connectivity index (χ0n) is 35.1. The van der Waals surface area contributed by atoms with Crippen molar-refractivity contribution in [2.24, 2.45) is 0 Å². The predicted octanol–water partition coefficient (Wildman–Crippen LogP) is 12.9. The summed E-state index contributed by atoms with van der Waals surface area (Å²) in [6.45, 7) is 6.32. The maximum absolute atomic E-state index is 13.1. The average molecular weight is 746 g/mol. The Labute approximate surface area is 328 Å². The lowest BCUT2D eigenvalue weighted by atomic mass is 10.0. The van der Waals surface area contributed by atoms with Gasteiger partial charge in [0.15, 0.2) is 0 Å². The quantitative estimate of drug-likeness (QED) is 0.0330. The first-order valence-corrected chi connectivity index (χ1v) is 22.7. The molecular formula is C47H87NO5. The first-order chi connectivity index (χ1) is 26.0. The number of ether oxygens (including phenoxy) is 1. The molecule has 0 saturated heterocycles. The third kappa shape index (κ3) is 36.8. The van der Waals surface area contributed by atoms with E-state index in [-0.39, 0.29) is 24.9 Å². The van der Waals surface area contributed by atoms with E-state index in [0.29, 0.717) is 19.3 Å². The third-order valence-corrected chi connectivity index (χ3v) is 10.3. The number of allylic oxidation sites excluding steroid dienone is 6. The molecule has 3 unspecified atom stereocenters. The Bertz CT molecular complexity index is 884. The predicted molar refractivity (Wildman–Crippen MR) is 227 cm³/mol. The van der Waals surface area contributed by atoms with E-state index in [2.05, 4.69) is 50.4 Å². The zero-order valence-corrected chi connectivity index (χ0v) is 35.1. The summed E-state index contributed by atoms with van der Waals surface area (Å²) in [7, 11) is 0. The van der Waals surface area contributed by atoms with Crippen LogP contribution in [0.3, 0.4) is 0 Å². The molecule has 0 heterocycles. The molecule has 6 nitrogen and oxygen atoms in total. The Morgan fingerprint density at radius 2 is 1.02 bits per heavy atom. The lowest BCUT2D eigenvalue weighted by Gasteiger charge is -2.24. The van der Waals surface area contributed by atoms with Gasteiger partial charge in [-0.25, -0.2) is 0 Å². The van der Waals surface area contributed by atoms with Gasteiger partial charge in [-0.1, -0.05) is 205 Å². The van der Waals surface area contributed by atoms with Crippen LogP contribution in [0.4, 0.5) is 0 Å². The second kappa shape index (κ2) is 41.2. The number of hydrogen-bond donors (Lipinski definition) is 3. The van der Waals surface area contributed by atoms with Crippen LogP contribution in [-0.4, -0.2) is 46.9 Å². The van der Waals surface area contributed by atoms with E-state index in [9.17, 15) is 19.8 Å². The van der Waals surface area contributed by atoms with E-state index in [1.807, 2.05) is 12.2 Å². The highest BCUT2D eigenvalue weighted by atomic mass is 16.5. The molecule has 0 rings (SSSR count). The van der Waals surface area contributed by atoms with Gasteiger partial charge in [0.05, 0.1) is 25.2 Å². The molecule has 53 heavy (non-hydrogen) atoms. The number of aliphatic hydroxyl groups excluding tert-OH is 2. The molecule has 0 aliphatic rings. The molecule has 0 aromatic rings. The molecule has 6 heteroatoms. The summed E-state index contributed by atoms with van der Waals surface area (Å²) in [5, 5.41) is 23.6. The van der Waals surface area contributed by atoms with Gasteiger partial charge in [0, 0.05) is 6.42 Å². The Hall–Kier alpha value is -1.92. The number of aliphatic hydroxyl groups is 2. The second-order valence-corrected chi connectivity index (χ2v) is 15.5. The van der Waals surface area contributed by atoms with Crippen LogP contribution in [0.25, 0.3) is 0 Å². The van der Waals surface area contributed by atoms with Crippen LogP contribution in [0, 0.1) is 0 Å². The fourth-order valence-corrected chi connectivity index (χ4v) is 6.84. The number of amides is 1. The summed E-state index contributed by atoms with van der Waals surface area (Å²) in [6, 6.07) is -0.707. The minimum absolute atomic E-state index is 0.0573. The number of hydrogen-bond acceptors (Lipinski definition) is 5. The summed E-state index contributed by atoms with van der Waals surface area (Å²) in [5.74, 6) is -0.506. The van der Waals surface area contributed by atoms with Crippen molar-refractivity contribution >= 4 is 11.9 Å². The molecule has 0 aliphatic heterocycles. The van der Waals surface area contributed by atoms with Gasteiger partial charge >= 0.3 is 5.97 Å². The highest BCUT2D eigenvalue weighted by Crippen LogP contribution is 2.17. The average Bonchev–Trinajstić information content (AvgIpc) is 3.15. The molecule has 0 aliphatic carbocycles. The SMILES string of the molecule is CC/C=C/C=C/C=C\CCCCCC(CC(=O)NC(CO)C(O)CCCCCCCCCCCCCC)OC(=O)CCCCCCCCCCCCC. The van der Waals surface area contributed by atoms with Gasteiger partial charge < -0.3 is 20.3 Å². The molecule has 0 spiro atoms. The molecule has 0 bridgehead atoms. The van der Waals surface area contributed by atoms with Crippen LogP contribution in [0.15, 0.2) is 36.5 Å².